The zero-order valence-corrected chi connectivity index (χ0v) is 23.3. The van der Waals surface area contributed by atoms with Gasteiger partial charge in [-0.2, -0.15) is 0 Å². The molecule has 38 heavy (non-hydrogen) atoms. The molecule has 4 aliphatic carbocycles. The van der Waals surface area contributed by atoms with Crippen LogP contribution >= 0.6 is 0 Å². The Kier molecular flexibility index (Phi) is 6.56. The molecule has 4 fully saturated rings. The Hall–Kier alpha value is -2.09. The standard InChI is InChI=1S/C30H43F2N5O/c1-18(2)27-35-34-20(4)37(27)23-15-25-29(16-23)17-26(29)36(25)13-10-24(22-7-5-6-19(3)14-22)33-28(38)21-8-11-30(31,32)12-9-21/h5-7,18-19,21,23-26H,8-17H2,1-4H3,(H,33,38)/t19?,23?,24-,25?,26?,29?/m0/s1. The van der Waals surface area contributed by atoms with E-state index in [1.807, 2.05) is 0 Å². The summed E-state index contributed by atoms with van der Waals surface area (Å²) < 4.78 is 29.8. The normalized spacial score (nSPS) is 34.9. The highest BCUT2D eigenvalue weighted by atomic mass is 19.3. The van der Waals surface area contributed by atoms with E-state index in [1.165, 1.54) is 18.4 Å². The van der Waals surface area contributed by atoms with Gasteiger partial charge in [0.05, 0.1) is 6.04 Å². The van der Waals surface area contributed by atoms with Crippen molar-refractivity contribution >= 4 is 5.91 Å². The summed E-state index contributed by atoms with van der Waals surface area (Å²) in [6.07, 6.45) is 12.1. The maximum atomic E-state index is 13.7. The summed E-state index contributed by atoms with van der Waals surface area (Å²) in [6, 6.07) is 1.69. The zero-order chi connectivity index (χ0) is 26.8. The number of hydrogen-bond donors (Lipinski definition) is 1. The number of alkyl halides is 2. The third-order valence-corrected chi connectivity index (χ3v) is 10.3. The van der Waals surface area contributed by atoms with Crippen molar-refractivity contribution in [2.24, 2.45) is 17.3 Å². The second-order valence-corrected chi connectivity index (χ2v) is 13.2. The van der Waals surface area contributed by atoms with Crippen molar-refractivity contribution in [2.45, 2.75) is 121 Å². The molecule has 208 valence electrons. The van der Waals surface area contributed by atoms with Crippen LogP contribution in [0.1, 0.15) is 102 Å². The van der Waals surface area contributed by atoms with E-state index in [0.717, 1.165) is 37.5 Å². The predicted molar refractivity (Wildman–Crippen MR) is 143 cm³/mol. The van der Waals surface area contributed by atoms with E-state index in [9.17, 15) is 13.6 Å². The summed E-state index contributed by atoms with van der Waals surface area (Å²) in [4.78, 5) is 15.9. The van der Waals surface area contributed by atoms with Gasteiger partial charge in [-0.1, -0.05) is 39.0 Å². The molecule has 0 aromatic carbocycles. The number of amides is 1. The maximum Gasteiger partial charge on any atom is 0.248 e. The molecule has 1 aromatic heterocycles. The van der Waals surface area contributed by atoms with Crippen LogP contribution < -0.4 is 5.32 Å². The van der Waals surface area contributed by atoms with Crippen LogP contribution in [-0.2, 0) is 4.79 Å². The van der Waals surface area contributed by atoms with Gasteiger partial charge in [0.1, 0.15) is 11.6 Å². The summed E-state index contributed by atoms with van der Waals surface area (Å²) in [6.45, 7) is 9.63. The number of halogens is 2. The van der Waals surface area contributed by atoms with Crippen molar-refractivity contribution < 1.29 is 13.6 Å². The number of nitrogens with zero attached hydrogens (tertiary/aromatic N) is 4. The van der Waals surface area contributed by atoms with Crippen molar-refractivity contribution in [3.8, 4) is 0 Å². The molecule has 1 aliphatic heterocycles. The summed E-state index contributed by atoms with van der Waals surface area (Å²) in [5.74, 6) is -0.0239. The lowest BCUT2D eigenvalue weighted by atomic mass is 9.84. The molecular formula is C30H43F2N5O. The molecule has 1 spiro atoms. The number of nitrogens with one attached hydrogen (secondary N) is 1. The van der Waals surface area contributed by atoms with E-state index in [0.29, 0.717) is 35.4 Å². The molecule has 6 rings (SSSR count). The first kappa shape index (κ1) is 26.1. The topological polar surface area (TPSA) is 63.1 Å². The molecule has 5 unspecified atom stereocenters. The molecule has 1 amide bonds. The molecule has 2 heterocycles. The Morgan fingerprint density at radius 3 is 2.66 bits per heavy atom. The van der Waals surface area contributed by atoms with E-state index in [1.54, 1.807) is 0 Å². The lowest BCUT2D eigenvalue weighted by molar-refractivity contribution is -0.129. The van der Waals surface area contributed by atoms with Gasteiger partial charge >= 0.3 is 0 Å². The minimum Gasteiger partial charge on any atom is -0.349 e. The largest absolute Gasteiger partial charge is 0.349 e. The molecule has 0 radical (unpaired) electrons. The predicted octanol–water partition coefficient (Wildman–Crippen LogP) is 5.71. The number of hydrogen-bond acceptors (Lipinski definition) is 4. The second kappa shape index (κ2) is 9.53. The van der Waals surface area contributed by atoms with Gasteiger partial charge < -0.3 is 9.88 Å². The number of rotatable bonds is 8. The Labute approximate surface area is 225 Å². The van der Waals surface area contributed by atoms with Gasteiger partial charge in [-0.15, -0.1) is 10.2 Å². The van der Waals surface area contributed by atoms with Crippen LogP contribution in [0.2, 0.25) is 0 Å². The third-order valence-electron chi connectivity index (χ3n) is 10.3. The molecule has 6 atom stereocenters. The average Bonchev–Trinajstić information content (AvgIpc) is 3.12. The molecule has 1 N–H and O–H groups in total. The lowest BCUT2D eigenvalue weighted by Gasteiger charge is -2.44. The van der Waals surface area contributed by atoms with Crippen LogP contribution in [0.5, 0.6) is 0 Å². The van der Waals surface area contributed by atoms with E-state index in [-0.39, 0.29) is 43.6 Å². The molecule has 6 nitrogen and oxygen atoms in total. The van der Waals surface area contributed by atoms with E-state index < -0.39 is 5.92 Å². The van der Waals surface area contributed by atoms with Gasteiger partial charge in [-0.25, -0.2) is 8.78 Å². The molecule has 1 saturated heterocycles. The number of carbonyl (C=O) groups excluding carboxylic acids is 1. The van der Waals surface area contributed by atoms with Crippen molar-refractivity contribution in [1.29, 1.82) is 0 Å². The zero-order valence-electron chi connectivity index (χ0n) is 23.3. The fourth-order valence-corrected chi connectivity index (χ4v) is 8.17. The van der Waals surface area contributed by atoms with Crippen LogP contribution in [0, 0.1) is 24.2 Å². The van der Waals surface area contributed by atoms with Crippen molar-refractivity contribution in [1.82, 2.24) is 25.0 Å². The van der Waals surface area contributed by atoms with Crippen molar-refractivity contribution in [3.63, 3.8) is 0 Å². The quantitative estimate of drug-likeness (QED) is 0.470. The Morgan fingerprint density at radius 1 is 1.18 bits per heavy atom. The van der Waals surface area contributed by atoms with Crippen LogP contribution in [0.15, 0.2) is 23.8 Å². The van der Waals surface area contributed by atoms with Crippen molar-refractivity contribution in [3.05, 3.63) is 35.4 Å². The fourth-order valence-electron chi connectivity index (χ4n) is 8.17. The van der Waals surface area contributed by atoms with Crippen molar-refractivity contribution in [2.75, 3.05) is 6.54 Å². The van der Waals surface area contributed by atoms with E-state index >= 15 is 0 Å². The highest BCUT2D eigenvalue weighted by molar-refractivity contribution is 5.79. The van der Waals surface area contributed by atoms with Crippen LogP contribution in [0.4, 0.5) is 8.78 Å². The monoisotopic (exact) mass is 527 g/mol. The summed E-state index contributed by atoms with van der Waals surface area (Å²) in [7, 11) is 0. The minimum atomic E-state index is -2.61. The highest BCUT2D eigenvalue weighted by Gasteiger charge is 2.75. The van der Waals surface area contributed by atoms with Crippen LogP contribution in [-0.4, -0.2) is 56.2 Å². The van der Waals surface area contributed by atoms with Gasteiger partial charge in [0.25, 0.3) is 0 Å². The van der Waals surface area contributed by atoms with Gasteiger partial charge in [-0.05, 0) is 63.4 Å². The van der Waals surface area contributed by atoms with E-state index in [2.05, 4.69) is 70.9 Å². The second-order valence-electron chi connectivity index (χ2n) is 13.2. The number of aromatic nitrogens is 3. The maximum absolute atomic E-state index is 13.7. The van der Waals surface area contributed by atoms with Crippen LogP contribution in [0.3, 0.4) is 0 Å². The number of carbonyl (C=O) groups is 1. The lowest BCUT2D eigenvalue weighted by Crippen LogP contribution is -2.54. The Bertz CT molecular complexity index is 1130. The first-order valence-electron chi connectivity index (χ1n) is 14.8. The first-order chi connectivity index (χ1) is 18.1. The number of aryl methyl sites for hydroxylation is 1. The van der Waals surface area contributed by atoms with Gasteiger partial charge in [0.15, 0.2) is 0 Å². The van der Waals surface area contributed by atoms with Crippen LogP contribution in [0.25, 0.3) is 0 Å². The van der Waals surface area contributed by atoms with Gasteiger partial charge in [0.2, 0.25) is 11.8 Å². The molecular weight excluding hydrogens is 484 g/mol. The molecule has 0 bridgehead atoms. The van der Waals surface area contributed by atoms with Gasteiger partial charge in [-0.3, -0.25) is 9.69 Å². The fraction of sp³-hybridized carbons (Fsp3) is 0.767. The Balaban J connectivity index is 1.11. The molecule has 5 aliphatic rings. The highest BCUT2D eigenvalue weighted by Crippen LogP contribution is 2.72. The van der Waals surface area contributed by atoms with E-state index in [4.69, 9.17) is 0 Å². The summed E-state index contributed by atoms with van der Waals surface area (Å²) >= 11 is 0. The number of likely N-dealkylation sites (tertiary alicyclic amines) is 1. The summed E-state index contributed by atoms with van der Waals surface area (Å²) in [5, 5.41) is 12.2. The molecule has 3 saturated carbocycles. The number of allylic oxidation sites excluding steroid dienone is 3. The average molecular weight is 528 g/mol. The third kappa shape index (κ3) is 4.54. The smallest absolute Gasteiger partial charge is 0.248 e. The molecule has 1 aromatic rings. The SMILES string of the molecule is Cc1nnc(C(C)C)n1C1CC2N(CC[C@H](NC(=O)C3CCC(F)(F)CC3)C3=CC=CC(C)C3)C3CC23C1. The van der Waals surface area contributed by atoms with Gasteiger partial charge in [0, 0.05) is 54.8 Å². The summed E-state index contributed by atoms with van der Waals surface area (Å²) in [5.41, 5.74) is 1.73. The Morgan fingerprint density at radius 2 is 1.95 bits per heavy atom. The first-order valence-corrected chi connectivity index (χ1v) is 14.8. The minimum absolute atomic E-state index is 0.0316. The molecule has 8 heteroatoms.